The van der Waals surface area contributed by atoms with Gasteiger partial charge in [0.1, 0.15) is 6.61 Å². The van der Waals surface area contributed by atoms with Crippen molar-refractivity contribution >= 4 is 5.97 Å². The summed E-state index contributed by atoms with van der Waals surface area (Å²) in [7, 11) is 0. The molecule has 0 bridgehead atoms. The van der Waals surface area contributed by atoms with Crippen molar-refractivity contribution in [2.24, 2.45) is 5.92 Å². The molecule has 12 heavy (non-hydrogen) atoms. The maximum Gasteiger partial charge on any atom is 0.309 e. The highest BCUT2D eigenvalue weighted by Crippen LogP contribution is 2.25. The second-order valence-corrected chi connectivity index (χ2v) is 3.55. The molecular formula is C10H16O2. The smallest absolute Gasteiger partial charge is 0.309 e. The van der Waals surface area contributed by atoms with Crippen LogP contribution in [0.2, 0.25) is 0 Å². The first-order valence-corrected chi connectivity index (χ1v) is 4.51. The molecule has 1 aliphatic carbocycles. The summed E-state index contributed by atoms with van der Waals surface area (Å²) in [4.78, 5) is 11.3. The zero-order chi connectivity index (χ0) is 8.97. The van der Waals surface area contributed by atoms with E-state index in [-0.39, 0.29) is 11.9 Å². The lowest BCUT2D eigenvalue weighted by Gasteiger charge is -2.08. The van der Waals surface area contributed by atoms with Crippen LogP contribution in [0, 0.1) is 5.92 Å². The minimum absolute atomic E-state index is 0.0319. The number of ether oxygens (including phenoxy) is 1. The van der Waals surface area contributed by atoms with E-state index in [1.165, 1.54) is 12.8 Å². The predicted molar refractivity (Wildman–Crippen MR) is 47.7 cm³/mol. The van der Waals surface area contributed by atoms with Crippen molar-refractivity contribution in [3.8, 4) is 0 Å². The lowest BCUT2D eigenvalue weighted by molar-refractivity contribution is -0.147. The zero-order valence-corrected chi connectivity index (χ0v) is 7.64. The van der Waals surface area contributed by atoms with Crippen molar-refractivity contribution in [2.45, 2.75) is 32.6 Å². The van der Waals surface area contributed by atoms with E-state index in [0.29, 0.717) is 6.61 Å². The van der Waals surface area contributed by atoms with Gasteiger partial charge in [-0.2, -0.15) is 0 Å². The van der Waals surface area contributed by atoms with Gasteiger partial charge in [0.2, 0.25) is 0 Å². The molecule has 0 radical (unpaired) electrons. The van der Waals surface area contributed by atoms with Gasteiger partial charge >= 0.3 is 5.97 Å². The third-order valence-electron chi connectivity index (χ3n) is 2.15. The van der Waals surface area contributed by atoms with Crippen molar-refractivity contribution in [3.05, 3.63) is 12.2 Å². The molecule has 0 amide bonds. The lowest BCUT2D eigenvalue weighted by atomic mass is 10.1. The van der Waals surface area contributed by atoms with Gasteiger partial charge in [0, 0.05) is 0 Å². The Morgan fingerprint density at radius 1 is 1.50 bits per heavy atom. The summed E-state index contributed by atoms with van der Waals surface area (Å²) in [6.07, 6.45) is 4.36. The van der Waals surface area contributed by atoms with E-state index in [0.717, 1.165) is 18.4 Å². The molecule has 1 fully saturated rings. The Morgan fingerprint density at radius 3 is 2.58 bits per heavy atom. The molecule has 2 heteroatoms. The molecule has 1 saturated carbocycles. The van der Waals surface area contributed by atoms with E-state index < -0.39 is 0 Å². The molecule has 0 unspecified atom stereocenters. The van der Waals surface area contributed by atoms with Crippen LogP contribution in [0.5, 0.6) is 0 Å². The van der Waals surface area contributed by atoms with E-state index in [1.54, 1.807) is 0 Å². The van der Waals surface area contributed by atoms with Crippen LogP contribution in [0.15, 0.2) is 12.2 Å². The molecule has 0 heterocycles. The van der Waals surface area contributed by atoms with Crippen LogP contribution in [0.3, 0.4) is 0 Å². The van der Waals surface area contributed by atoms with Gasteiger partial charge in [-0.1, -0.05) is 19.4 Å². The topological polar surface area (TPSA) is 26.3 Å². The number of hydrogen-bond donors (Lipinski definition) is 0. The number of rotatable bonds is 3. The molecule has 0 spiro atoms. The number of esters is 1. The maximum atomic E-state index is 11.3. The average molecular weight is 168 g/mol. The van der Waals surface area contributed by atoms with Crippen LogP contribution in [0.4, 0.5) is 0 Å². The molecule has 1 rings (SSSR count). The lowest BCUT2D eigenvalue weighted by Crippen LogP contribution is -2.15. The first-order chi connectivity index (χ1) is 5.70. The van der Waals surface area contributed by atoms with Crippen molar-refractivity contribution in [1.82, 2.24) is 0 Å². The van der Waals surface area contributed by atoms with E-state index in [2.05, 4.69) is 6.58 Å². The highest BCUT2D eigenvalue weighted by atomic mass is 16.5. The number of hydrogen-bond acceptors (Lipinski definition) is 2. The van der Waals surface area contributed by atoms with Crippen LogP contribution >= 0.6 is 0 Å². The van der Waals surface area contributed by atoms with Gasteiger partial charge in [-0.15, -0.1) is 0 Å². The van der Waals surface area contributed by atoms with Gasteiger partial charge in [-0.05, 0) is 25.3 Å². The summed E-state index contributed by atoms with van der Waals surface area (Å²) in [6.45, 7) is 5.92. The fourth-order valence-electron chi connectivity index (χ4n) is 1.47. The van der Waals surface area contributed by atoms with E-state index in [1.807, 2.05) is 6.92 Å². The number of carbonyl (C=O) groups is 1. The standard InChI is InChI=1S/C10H16O2/c1-8(2)7-12-10(11)9-5-3-4-6-9/h9H,1,3-7H2,2H3. The summed E-state index contributed by atoms with van der Waals surface area (Å²) in [5.74, 6) is 0.139. The maximum absolute atomic E-state index is 11.3. The third-order valence-corrected chi connectivity index (χ3v) is 2.15. The van der Waals surface area contributed by atoms with Gasteiger partial charge < -0.3 is 4.74 Å². The second-order valence-electron chi connectivity index (χ2n) is 3.55. The first kappa shape index (κ1) is 9.30. The first-order valence-electron chi connectivity index (χ1n) is 4.51. The molecule has 0 aliphatic heterocycles. The van der Waals surface area contributed by atoms with Gasteiger partial charge in [0.25, 0.3) is 0 Å². The Morgan fingerprint density at radius 2 is 2.08 bits per heavy atom. The highest BCUT2D eigenvalue weighted by molar-refractivity contribution is 5.72. The van der Waals surface area contributed by atoms with Gasteiger partial charge in [0.15, 0.2) is 0 Å². The minimum Gasteiger partial charge on any atom is -0.461 e. The fraction of sp³-hybridized carbons (Fsp3) is 0.700. The van der Waals surface area contributed by atoms with E-state index in [9.17, 15) is 4.79 Å². The number of carbonyl (C=O) groups excluding carboxylic acids is 1. The molecular weight excluding hydrogens is 152 g/mol. The van der Waals surface area contributed by atoms with Crippen LogP contribution in [0.1, 0.15) is 32.6 Å². The summed E-state index contributed by atoms with van der Waals surface area (Å²) >= 11 is 0. The van der Waals surface area contributed by atoms with Crippen LogP contribution in [-0.2, 0) is 9.53 Å². The Hall–Kier alpha value is -0.790. The molecule has 0 saturated heterocycles. The van der Waals surface area contributed by atoms with Crippen molar-refractivity contribution < 1.29 is 9.53 Å². The monoisotopic (exact) mass is 168 g/mol. The average Bonchev–Trinajstić information content (AvgIpc) is 2.51. The van der Waals surface area contributed by atoms with Crippen LogP contribution in [-0.4, -0.2) is 12.6 Å². The van der Waals surface area contributed by atoms with Gasteiger partial charge in [0.05, 0.1) is 5.92 Å². The summed E-state index contributed by atoms with van der Waals surface area (Å²) in [5, 5.41) is 0. The Kier molecular flexibility index (Phi) is 3.32. The SMILES string of the molecule is C=C(C)COC(=O)C1CCCC1. The molecule has 0 atom stereocenters. The third kappa shape index (κ3) is 2.68. The fourth-order valence-corrected chi connectivity index (χ4v) is 1.47. The van der Waals surface area contributed by atoms with Crippen LogP contribution < -0.4 is 0 Å². The van der Waals surface area contributed by atoms with Gasteiger partial charge in [-0.25, -0.2) is 0 Å². The largest absolute Gasteiger partial charge is 0.461 e. The highest BCUT2D eigenvalue weighted by Gasteiger charge is 2.23. The van der Waals surface area contributed by atoms with E-state index >= 15 is 0 Å². The molecule has 0 aromatic heterocycles. The van der Waals surface area contributed by atoms with Crippen molar-refractivity contribution in [2.75, 3.05) is 6.61 Å². The molecule has 68 valence electrons. The van der Waals surface area contributed by atoms with Crippen LogP contribution in [0.25, 0.3) is 0 Å². The van der Waals surface area contributed by atoms with Crippen molar-refractivity contribution in [1.29, 1.82) is 0 Å². The predicted octanol–water partition coefficient (Wildman–Crippen LogP) is 2.30. The zero-order valence-electron chi connectivity index (χ0n) is 7.64. The molecule has 1 aliphatic rings. The quantitative estimate of drug-likeness (QED) is 0.477. The molecule has 0 N–H and O–H groups in total. The summed E-state index contributed by atoms with van der Waals surface area (Å²) in [6, 6.07) is 0. The molecule has 0 aromatic rings. The Balaban J connectivity index is 2.23. The summed E-state index contributed by atoms with van der Waals surface area (Å²) < 4.78 is 5.05. The normalized spacial score (nSPS) is 17.8. The van der Waals surface area contributed by atoms with Gasteiger partial charge in [-0.3, -0.25) is 4.79 Å². The Bertz CT molecular complexity index is 178. The molecule has 0 aromatic carbocycles. The van der Waals surface area contributed by atoms with Crippen molar-refractivity contribution in [3.63, 3.8) is 0 Å². The minimum atomic E-state index is -0.0319. The molecule has 2 nitrogen and oxygen atoms in total. The summed E-state index contributed by atoms with van der Waals surface area (Å²) in [5.41, 5.74) is 0.904. The Labute approximate surface area is 73.6 Å². The van der Waals surface area contributed by atoms with E-state index in [4.69, 9.17) is 4.74 Å². The second kappa shape index (κ2) is 4.29.